The van der Waals surface area contributed by atoms with Gasteiger partial charge in [0.05, 0.1) is 12.3 Å². The Kier molecular flexibility index (Phi) is 2.45. The van der Waals surface area contributed by atoms with Gasteiger partial charge in [0.15, 0.2) is 5.69 Å². The summed E-state index contributed by atoms with van der Waals surface area (Å²) in [6, 6.07) is 3.47. The second-order valence-corrected chi connectivity index (χ2v) is 4.37. The van der Waals surface area contributed by atoms with E-state index in [1.807, 2.05) is 0 Å². The Morgan fingerprint density at radius 1 is 1.61 bits per heavy atom. The molecule has 1 fully saturated rings. The summed E-state index contributed by atoms with van der Waals surface area (Å²) >= 11 is 0. The molecule has 1 aliphatic rings. The smallest absolute Gasteiger partial charge is 0.356 e. The van der Waals surface area contributed by atoms with Gasteiger partial charge < -0.3 is 20.0 Å². The van der Waals surface area contributed by atoms with Gasteiger partial charge in [-0.3, -0.25) is 0 Å². The van der Waals surface area contributed by atoms with Gasteiger partial charge in [0.2, 0.25) is 0 Å². The Morgan fingerprint density at radius 2 is 2.44 bits per heavy atom. The van der Waals surface area contributed by atoms with E-state index in [9.17, 15) is 9.90 Å². The van der Waals surface area contributed by atoms with Crippen LogP contribution in [0.25, 0.3) is 5.52 Å². The van der Waals surface area contributed by atoms with Gasteiger partial charge in [0.25, 0.3) is 0 Å². The first-order valence-electron chi connectivity index (χ1n) is 5.76. The fraction of sp³-hybridized carbons (Fsp3) is 0.333. The fourth-order valence-electron chi connectivity index (χ4n) is 2.36. The summed E-state index contributed by atoms with van der Waals surface area (Å²) in [6.07, 6.45) is 2.64. The van der Waals surface area contributed by atoms with Crippen LogP contribution < -0.4 is 5.73 Å². The third-order valence-corrected chi connectivity index (χ3v) is 3.22. The number of imidazole rings is 1. The van der Waals surface area contributed by atoms with Gasteiger partial charge in [0.1, 0.15) is 11.3 Å². The number of carbonyl (C=O) groups is 1. The number of aromatic carboxylic acids is 1. The summed E-state index contributed by atoms with van der Waals surface area (Å²) in [7, 11) is 0. The zero-order chi connectivity index (χ0) is 12.7. The molecule has 18 heavy (non-hydrogen) atoms. The number of ether oxygens (including phenoxy) is 1. The molecular weight excluding hydrogens is 234 g/mol. The van der Waals surface area contributed by atoms with Crippen LogP contribution >= 0.6 is 0 Å². The van der Waals surface area contributed by atoms with Crippen molar-refractivity contribution in [3.8, 4) is 0 Å². The maximum Gasteiger partial charge on any atom is 0.356 e. The molecule has 0 spiro atoms. The molecule has 1 saturated heterocycles. The highest BCUT2D eigenvalue weighted by Crippen LogP contribution is 2.28. The second-order valence-electron chi connectivity index (χ2n) is 4.37. The number of aromatic nitrogens is 2. The van der Waals surface area contributed by atoms with E-state index < -0.39 is 5.97 Å². The van der Waals surface area contributed by atoms with Crippen molar-refractivity contribution in [1.29, 1.82) is 0 Å². The lowest BCUT2D eigenvalue weighted by Crippen LogP contribution is -2.04. The van der Waals surface area contributed by atoms with Crippen molar-refractivity contribution >= 4 is 17.2 Å². The van der Waals surface area contributed by atoms with Gasteiger partial charge in [-0.25, -0.2) is 9.78 Å². The Bertz CT molecular complexity index is 614. The number of nitrogen functional groups attached to an aromatic ring is 1. The Morgan fingerprint density at radius 3 is 3.11 bits per heavy atom. The van der Waals surface area contributed by atoms with Crippen molar-refractivity contribution in [2.45, 2.75) is 12.3 Å². The summed E-state index contributed by atoms with van der Waals surface area (Å²) in [4.78, 5) is 15.5. The van der Waals surface area contributed by atoms with Crippen molar-refractivity contribution < 1.29 is 14.6 Å². The molecule has 6 nitrogen and oxygen atoms in total. The van der Waals surface area contributed by atoms with Crippen molar-refractivity contribution in [1.82, 2.24) is 9.38 Å². The summed E-state index contributed by atoms with van der Waals surface area (Å²) in [5, 5.41) is 9.20. The molecule has 0 amide bonds. The van der Waals surface area contributed by atoms with Crippen LogP contribution in [0.4, 0.5) is 5.69 Å². The number of hydrogen-bond acceptors (Lipinski definition) is 4. The van der Waals surface area contributed by atoms with Crippen LogP contribution in [-0.2, 0) is 4.74 Å². The Balaban J connectivity index is 2.26. The van der Waals surface area contributed by atoms with Crippen LogP contribution in [0.2, 0.25) is 0 Å². The molecule has 0 aromatic carbocycles. The number of fused-ring (bicyclic) bond motifs is 1. The Hall–Kier alpha value is -2.08. The summed E-state index contributed by atoms with van der Waals surface area (Å²) in [5.74, 6) is -0.213. The van der Waals surface area contributed by atoms with Crippen LogP contribution in [-0.4, -0.2) is 33.7 Å². The molecule has 0 radical (unpaired) electrons. The monoisotopic (exact) mass is 247 g/mol. The molecule has 94 valence electrons. The minimum Gasteiger partial charge on any atom is -0.476 e. The van der Waals surface area contributed by atoms with Crippen LogP contribution in [0.5, 0.6) is 0 Å². The van der Waals surface area contributed by atoms with E-state index in [-0.39, 0.29) is 11.6 Å². The lowest BCUT2D eigenvalue weighted by atomic mass is 10.1. The van der Waals surface area contributed by atoms with Gasteiger partial charge in [-0.15, -0.1) is 0 Å². The van der Waals surface area contributed by atoms with Crippen LogP contribution in [0.3, 0.4) is 0 Å². The largest absolute Gasteiger partial charge is 0.476 e. The van der Waals surface area contributed by atoms with Gasteiger partial charge in [-0.05, 0) is 18.6 Å². The minimum atomic E-state index is -1.06. The first-order chi connectivity index (χ1) is 8.68. The third-order valence-electron chi connectivity index (χ3n) is 3.22. The topological polar surface area (TPSA) is 89.9 Å². The number of pyridine rings is 1. The lowest BCUT2D eigenvalue weighted by molar-refractivity contribution is 0.0693. The SMILES string of the molecule is Nc1cccn2c(C3CCOC3)nc(C(=O)O)c12. The summed E-state index contributed by atoms with van der Waals surface area (Å²) < 4.78 is 7.09. The van der Waals surface area contributed by atoms with Crippen molar-refractivity contribution in [2.24, 2.45) is 0 Å². The quantitative estimate of drug-likeness (QED) is 0.829. The Labute approximate surface area is 103 Å². The summed E-state index contributed by atoms with van der Waals surface area (Å²) in [6.45, 7) is 1.26. The molecule has 0 bridgehead atoms. The molecule has 3 N–H and O–H groups in total. The zero-order valence-corrected chi connectivity index (χ0v) is 9.67. The predicted octanol–water partition coefficient (Wildman–Crippen LogP) is 1.12. The average molecular weight is 247 g/mol. The summed E-state index contributed by atoms with van der Waals surface area (Å²) in [5.41, 5.74) is 6.75. The van der Waals surface area contributed by atoms with Crippen LogP contribution in [0.1, 0.15) is 28.7 Å². The molecule has 2 aromatic heterocycles. The normalized spacial score (nSPS) is 19.4. The lowest BCUT2D eigenvalue weighted by Gasteiger charge is -2.06. The standard InChI is InChI=1S/C12H13N3O3/c13-8-2-1-4-15-10(8)9(12(16)17)14-11(15)7-3-5-18-6-7/h1-2,4,7H,3,5-6,13H2,(H,16,17). The van der Waals surface area contributed by atoms with Crippen LogP contribution in [0.15, 0.2) is 18.3 Å². The van der Waals surface area contributed by atoms with E-state index >= 15 is 0 Å². The third kappa shape index (κ3) is 1.53. The van der Waals surface area contributed by atoms with Crippen molar-refractivity contribution in [3.63, 3.8) is 0 Å². The maximum absolute atomic E-state index is 11.2. The number of anilines is 1. The molecule has 3 rings (SSSR count). The van der Waals surface area contributed by atoms with Crippen LogP contribution in [0, 0.1) is 0 Å². The maximum atomic E-state index is 11.2. The molecule has 3 heterocycles. The van der Waals surface area contributed by atoms with Gasteiger partial charge in [-0.2, -0.15) is 0 Å². The average Bonchev–Trinajstić information content (AvgIpc) is 2.95. The molecule has 1 atom stereocenters. The van der Waals surface area contributed by atoms with E-state index in [2.05, 4.69) is 4.98 Å². The molecular formula is C12H13N3O3. The number of hydrogen-bond donors (Lipinski definition) is 2. The minimum absolute atomic E-state index is 0.00926. The first-order valence-corrected chi connectivity index (χ1v) is 5.76. The van der Waals surface area contributed by atoms with E-state index in [1.54, 1.807) is 22.7 Å². The predicted molar refractivity (Wildman–Crippen MR) is 64.7 cm³/mol. The molecule has 1 unspecified atom stereocenters. The van der Waals surface area contributed by atoms with E-state index in [0.29, 0.717) is 30.2 Å². The molecule has 2 aromatic rings. The molecule has 0 saturated carbocycles. The number of nitrogens with two attached hydrogens (primary N) is 1. The zero-order valence-electron chi connectivity index (χ0n) is 9.67. The van der Waals surface area contributed by atoms with E-state index in [0.717, 1.165) is 6.42 Å². The van der Waals surface area contributed by atoms with E-state index in [4.69, 9.17) is 10.5 Å². The van der Waals surface area contributed by atoms with Gasteiger partial charge in [-0.1, -0.05) is 0 Å². The van der Waals surface area contributed by atoms with Crippen molar-refractivity contribution in [3.05, 3.63) is 29.8 Å². The van der Waals surface area contributed by atoms with Gasteiger partial charge >= 0.3 is 5.97 Å². The van der Waals surface area contributed by atoms with Gasteiger partial charge in [0, 0.05) is 18.7 Å². The highest BCUT2D eigenvalue weighted by Gasteiger charge is 2.26. The molecule has 6 heteroatoms. The van der Waals surface area contributed by atoms with E-state index in [1.165, 1.54) is 0 Å². The number of nitrogens with zero attached hydrogens (tertiary/aromatic N) is 2. The number of carboxylic acid groups (broad SMARTS) is 1. The molecule has 0 aliphatic carbocycles. The second kappa shape index (κ2) is 3.99. The fourth-order valence-corrected chi connectivity index (χ4v) is 2.36. The molecule has 1 aliphatic heterocycles. The first kappa shape index (κ1) is 11.0. The highest BCUT2D eigenvalue weighted by atomic mass is 16.5. The number of carboxylic acids is 1. The number of rotatable bonds is 2. The highest BCUT2D eigenvalue weighted by molar-refractivity contribution is 5.97. The van der Waals surface area contributed by atoms with Crippen molar-refractivity contribution in [2.75, 3.05) is 18.9 Å².